The van der Waals surface area contributed by atoms with Crippen LogP contribution >= 0.6 is 0 Å². The molecular weight excluding hydrogens is 234 g/mol. The van der Waals surface area contributed by atoms with Gasteiger partial charge in [-0.2, -0.15) is 15.4 Å². The Labute approximate surface area is 101 Å². The zero-order valence-corrected chi connectivity index (χ0v) is 9.24. The molecule has 0 aromatic carbocycles. The van der Waals surface area contributed by atoms with Crippen molar-refractivity contribution in [3.05, 3.63) is 42.1 Å². The van der Waals surface area contributed by atoms with Gasteiger partial charge < -0.3 is 5.32 Å². The molecule has 90 valence electrons. The first-order valence-electron chi connectivity index (χ1n) is 5.27. The van der Waals surface area contributed by atoms with Crippen LogP contribution in [0.2, 0.25) is 0 Å². The molecule has 0 saturated carbocycles. The van der Waals surface area contributed by atoms with Gasteiger partial charge in [-0.25, -0.2) is 0 Å². The minimum atomic E-state index is -0.309. The Hall–Kier alpha value is -2.77. The summed E-state index contributed by atoms with van der Waals surface area (Å²) in [5.41, 5.74) is 0.979. The lowest BCUT2D eigenvalue weighted by molar-refractivity contribution is 0.0944. The first-order chi connectivity index (χ1) is 8.84. The molecule has 8 heteroatoms. The number of aromatic amines is 1. The van der Waals surface area contributed by atoms with Gasteiger partial charge in [0.1, 0.15) is 0 Å². The first kappa shape index (κ1) is 10.4. The third-order valence-electron chi connectivity index (χ3n) is 2.44. The topological polar surface area (TPSA) is 101 Å². The van der Waals surface area contributed by atoms with Crippen molar-refractivity contribution >= 4 is 11.6 Å². The number of carbonyl (C=O) groups is 1. The average molecular weight is 243 g/mol. The molecule has 0 bridgehead atoms. The third-order valence-corrected chi connectivity index (χ3v) is 2.44. The van der Waals surface area contributed by atoms with E-state index in [1.165, 1.54) is 6.20 Å². The second-order valence-electron chi connectivity index (χ2n) is 3.58. The molecule has 3 heterocycles. The fourth-order valence-corrected chi connectivity index (χ4v) is 1.57. The lowest BCUT2D eigenvalue weighted by Crippen LogP contribution is -2.24. The minimum Gasteiger partial charge on any atom is -0.343 e. The van der Waals surface area contributed by atoms with Crippen LogP contribution in [-0.4, -0.2) is 35.9 Å². The van der Waals surface area contributed by atoms with Gasteiger partial charge >= 0.3 is 0 Å². The van der Waals surface area contributed by atoms with Crippen LogP contribution in [0.25, 0.3) is 5.65 Å². The maximum absolute atomic E-state index is 11.6. The van der Waals surface area contributed by atoms with Crippen LogP contribution in [0.1, 0.15) is 16.3 Å². The maximum atomic E-state index is 11.6. The van der Waals surface area contributed by atoms with Crippen LogP contribution in [0.5, 0.6) is 0 Å². The Morgan fingerprint density at radius 2 is 2.33 bits per heavy atom. The summed E-state index contributed by atoms with van der Waals surface area (Å²) in [5, 5.41) is 20.3. The molecule has 0 aliphatic heterocycles. The molecule has 0 saturated heterocycles. The van der Waals surface area contributed by atoms with Crippen molar-refractivity contribution in [3.8, 4) is 0 Å². The van der Waals surface area contributed by atoms with Crippen molar-refractivity contribution < 1.29 is 4.79 Å². The van der Waals surface area contributed by atoms with Gasteiger partial charge in [-0.05, 0) is 12.1 Å². The van der Waals surface area contributed by atoms with Crippen molar-refractivity contribution in [1.82, 2.24) is 35.3 Å². The van der Waals surface area contributed by atoms with E-state index in [0.29, 0.717) is 5.82 Å². The first-order valence-corrected chi connectivity index (χ1v) is 5.27. The fourth-order valence-electron chi connectivity index (χ4n) is 1.57. The number of H-pyrrole nitrogens is 1. The molecule has 3 aromatic rings. The third kappa shape index (κ3) is 1.79. The van der Waals surface area contributed by atoms with Crippen molar-refractivity contribution in [1.29, 1.82) is 0 Å². The van der Waals surface area contributed by atoms with E-state index in [9.17, 15) is 4.79 Å². The highest BCUT2D eigenvalue weighted by Crippen LogP contribution is 2.02. The number of aromatic nitrogens is 6. The van der Waals surface area contributed by atoms with Crippen molar-refractivity contribution in [2.75, 3.05) is 0 Å². The summed E-state index contributed by atoms with van der Waals surface area (Å²) in [6.07, 6.45) is 3.20. The Bertz CT molecular complexity index is 672. The van der Waals surface area contributed by atoms with Crippen LogP contribution in [0.3, 0.4) is 0 Å². The molecule has 0 unspecified atom stereocenters. The van der Waals surface area contributed by atoms with Crippen LogP contribution in [0.4, 0.5) is 0 Å². The number of carbonyl (C=O) groups excluding carboxylic acids is 1. The lowest BCUT2D eigenvalue weighted by atomic mass is 10.4. The number of amides is 1. The van der Waals surface area contributed by atoms with Gasteiger partial charge in [-0.15, -0.1) is 10.2 Å². The highest BCUT2D eigenvalue weighted by atomic mass is 16.2. The summed E-state index contributed by atoms with van der Waals surface area (Å²) in [6.45, 7) is 0.275. The highest BCUT2D eigenvalue weighted by Gasteiger charge is 2.10. The standard InChI is InChI=1S/C10H9N7O/c18-10(7-5-12-16-13-7)11-6-9-15-14-8-3-1-2-4-17(8)9/h1-5H,6H2,(H,11,18)(H,12,13,16). The summed E-state index contributed by atoms with van der Waals surface area (Å²) >= 11 is 0. The molecule has 0 aliphatic carbocycles. The summed E-state index contributed by atoms with van der Waals surface area (Å²) in [6, 6.07) is 5.59. The van der Waals surface area contributed by atoms with Crippen molar-refractivity contribution in [3.63, 3.8) is 0 Å². The Kier molecular flexibility index (Phi) is 2.45. The maximum Gasteiger partial charge on any atom is 0.273 e. The summed E-state index contributed by atoms with van der Waals surface area (Å²) < 4.78 is 1.81. The smallest absolute Gasteiger partial charge is 0.273 e. The number of rotatable bonds is 3. The average Bonchev–Trinajstić information content (AvgIpc) is 3.06. The molecule has 2 N–H and O–H groups in total. The van der Waals surface area contributed by atoms with Gasteiger partial charge in [0.2, 0.25) is 0 Å². The van der Waals surface area contributed by atoms with Crippen LogP contribution < -0.4 is 5.32 Å². The molecular formula is C10H9N7O. The summed E-state index contributed by atoms with van der Waals surface area (Å²) in [7, 11) is 0. The van der Waals surface area contributed by atoms with E-state index in [1.807, 2.05) is 28.8 Å². The van der Waals surface area contributed by atoms with Crippen molar-refractivity contribution in [2.24, 2.45) is 0 Å². The van der Waals surface area contributed by atoms with E-state index in [0.717, 1.165) is 5.65 Å². The summed E-state index contributed by atoms with van der Waals surface area (Å²) in [5.74, 6) is 0.346. The molecule has 0 radical (unpaired) electrons. The number of hydrogen-bond acceptors (Lipinski definition) is 5. The van der Waals surface area contributed by atoms with Gasteiger partial charge in [-0.3, -0.25) is 9.20 Å². The lowest BCUT2D eigenvalue weighted by Gasteiger charge is -2.01. The Balaban J connectivity index is 1.76. The number of hydrogen-bond donors (Lipinski definition) is 2. The molecule has 0 fully saturated rings. The molecule has 3 aromatic heterocycles. The van der Waals surface area contributed by atoms with Crippen LogP contribution in [0, 0.1) is 0 Å². The molecule has 1 amide bonds. The quantitative estimate of drug-likeness (QED) is 0.662. The predicted molar refractivity (Wildman–Crippen MR) is 60.5 cm³/mol. The molecule has 0 spiro atoms. The number of nitrogens with zero attached hydrogens (tertiary/aromatic N) is 5. The molecule has 3 rings (SSSR count). The molecule has 8 nitrogen and oxygen atoms in total. The van der Waals surface area contributed by atoms with Gasteiger partial charge in [-0.1, -0.05) is 6.07 Å². The Morgan fingerprint density at radius 1 is 1.39 bits per heavy atom. The highest BCUT2D eigenvalue weighted by molar-refractivity contribution is 5.91. The van der Waals surface area contributed by atoms with Gasteiger partial charge in [0.05, 0.1) is 12.7 Å². The largest absolute Gasteiger partial charge is 0.343 e. The van der Waals surface area contributed by atoms with E-state index in [1.54, 1.807) is 0 Å². The van der Waals surface area contributed by atoms with Crippen LogP contribution in [0.15, 0.2) is 30.6 Å². The van der Waals surface area contributed by atoms with E-state index < -0.39 is 0 Å². The minimum absolute atomic E-state index is 0.240. The van der Waals surface area contributed by atoms with Gasteiger partial charge in [0.25, 0.3) is 5.91 Å². The second-order valence-corrected chi connectivity index (χ2v) is 3.58. The van der Waals surface area contributed by atoms with E-state index >= 15 is 0 Å². The normalized spacial score (nSPS) is 10.7. The number of pyridine rings is 1. The van der Waals surface area contributed by atoms with Gasteiger partial charge in [0.15, 0.2) is 17.2 Å². The monoisotopic (exact) mass is 243 g/mol. The molecule has 18 heavy (non-hydrogen) atoms. The second kappa shape index (κ2) is 4.24. The zero-order chi connectivity index (χ0) is 12.4. The Morgan fingerprint density at radius 3 is 3.17 bits per heavy atom. The van der Waals surface area contributed by atoms with E-state index in [-0.39, 0.29) is 18.1 Å². The molecule has 0 atom stereocenters. The van der Waals surface area contributed by atoms with Crippen LogP contribution in [-0.2, 0) is 6.54 Å². The van der Waals surface area contributed by atoms with E-state index in [4.69, 9.17) is 0 Å². The van der Waals surface area contributed by atoms with Gasteiger partial charge in [0, 0.05) is 6.20 Å². The SMILES string of the molecule is O=C(NCc1nnc2ccccn12)c1cn[nH]n1. The van der Waals surface area contributed by atoms with E-state index in [2.05, 4.69) is 30.9 Å². The zero-order valence-electron chi connectivity index (χ0n) is 9.24. The molecule has 0 aliphatic rings. The fraction of sp³-hybridized carbons (Fsp3) is 0.100. The van der Waals surface area contributed by atoms with Crippen molar-refractivity contribution in [2.45, 2.75) is 6.54 Å². The predicted octanol–water partition coefficient (Wildman–Crippen LogP) is -0.223. The summed E-state index contributed by atoms with van der Waals surface area (Å²) in [4.78, 5) is 11.6. The number of fused-ring (bicyclic) bond motifs is 1. The number of nitrogens with one attached hydrogen (secondary N) is 2.